The highest BCUT2D eigenvalue weighted by molar-refractivity contribution is 5.69. The molecule has 0 radical (unpaired) electrons. The number of carbonyl (C=O) groups excluding carboxylic acids is 1. The van der Waals surface area contributed by atoms with E-state index in [1.54, 1.807) is 0 Å². The van der Waals surface area contributed by atoms with Gasteiger partial charge in [0.1, 0.15) is 6.10 Å². The van der Waals surface area contributed by atoms with Gasteiger partial charge >= 0.3 is 5.97 Å². The van der Waals surface area contributed by atoms with Crippen molar-refractivity contribution in [2.24, 2.45) is 17.8 Å². The minimum absolute atomic E-state index is 0.0104. The van der Waals surface area contributed by atoms with Crippen LogP contribution in [0.3, 0.4) is 0 Å². The van der Waals surface area contributed by atoms with Crippen LogP contribution < -0.4 is 0 Å². The highest BCUT2D eigenvalue weighted by atomic mass is 16.5. The highest BCUT2D eigenvalue weighted by Gasteiger charge is 2.31. The largest absolute Gasteiger partial charge is 0.462 e. The lowest BCUT2D eigenvalue weighted by Crippen LogP contribution is -2.33. The van der Waals surface area contributed by atoms with Gasteiger partial charge in [0.25, 0.3) is 0 Å². The normalized spacial score (nSPS) is 30.4. The summed E-state index contributed by atoms with van der Waals surface area (Å²) in [4.78, 5) is 11.5. The van der Waals surface area contributed by atoms with Crippen LogP contribution in [0.25, 0.3) is 0 Å². The Labute approximate surface area is 99.8 Å². The maximum Gasteiger partial charge on any atom is 0.306 e. The van der Waals surface area contributed by atoms with Crippen LogP contribution in [0.4, 0.5) is 0 Å². The Bertz CT molecular complexity index is 223. The third-order valence-electron chi connectivity index (χ3n) is 3.84. The summed E-state index contributed by atoms with van der Waals surface area (Å²) in [5, 5.41) is 0. The smallest absolute Gasteiger partial charge is 0.306 e. The predicted octanol–water partition coefficient (Wildman–Crippen LogP) is 3.79. The monoisotopic (exact) mass is 226 g/mol. The van der Waals surface area contributed by atoms with Crippen LogP contribution in [0.1, 0.15) is 59.8 Å². The molecule has 0 amide bonds. The molecule has 3 atom stereocenters. The topological polar surface area (TPSA) is 26.3 Å². The fourth-order valence-electron chi connectivity index (χ4n) is 2.51. The van der Waals surface area contributed by atoms with Crippen molar-refractivity contribution < 1.29 is 9.53 Å². The Kier molecular flexibility index (Phi) is 5.30. The molecule has 0 aromatic rings. The summed E-state index contributed by atoms with van der Waals surface area (Å²) in [6, 6.07) is 0. The molecule has 3 unspecified atom stereocenters. The van der Waals surface area contributed by atoms with Gasteiger partial charge in [0, 0.05) is 6.42 Å². The lowest BCUT2D eigenvalue weighted by molar-refractivity contribution is -0.154. The summed E-state index contributed by atoms with van der Waals surface area (Å²) in [5.41, 5.74) is 0. The predicted molar refractivity (Wildman–Crippen MR) is 66.1 cm³/mol. The van der Waals surface area contributed by atoms with Crippen molar-refractivity contribution in [2.45, 2.75) is 65.9 Å². The zero-order chi connectivity index (χ0) is 12.1. The van der Waals surface area contributed by atoms with Crippen LogP contribution in [-0.2, 0) is 9.53 Å². The molecule has 0 bridgehead atoms. The van der Waals surface area contributed by atoms with Crippen LogP contribution in [0, 0.1) is 17.8 Å². The van der Waals surface area contributed by atoms with Gasteiger partial charge in [-0.3, -0.25) is 4.79 Å². The van der Waals surface area contributed by atoms with Gasteiger partial charge in [-0.15, -0.1) is 0 Å². The van der Waals surface area contributed by atoms with Crippen LogP contribution in [0.5, 0.6) is 0 Å². The van der Waals surface area contributed by atoms with Gasteiger partial charge in [0.2, 0.25) is 0 Å². The average Bonchev–Trinajstić information content (AvgIpc) is 2.21. The summed E-state index contributed by atoms with van der Waals surface area (Å²) in [6.45, 7) is 8.76. The second-order valence-electron chi connectivity index (χ2n) is 5.57. The van der Waals surface area contributed by atoms with Gasteiger partial charge in [-0.1, -0.05) is 27.7 Å². The summed E-state index contributed by atoms with van der Waals surface area (Å²) >= 11 is 0. The van der Waals surface area contributed by atoms with E-state index in [1.807, 2.05) is 6.92 Å². The molecule has 16 heavy (non-hydrogen) atoms. The number of rotatable bonds is 4. The van der Waals surface area contributed by atoms with Gasteiger partial charge in [0.05, 0.1) is 0 Å². The number of hydrogen-bond acceptors (Lipinski definition) is 2. The molecular weight excluding hydrogens is 200 g/mol. The first-order valence-corrected chi connectivity index (χ1v) is 6.74. The van der Waals surface area contributed by atoms with Crippen molar-refractivity contribution in [1.82, 2.24) is 0 Å². The van der Waals surface area contributed by atoms with Crippen molar-refractivity contribution in [3.8, 4) is 0 Å². The Morgan fingerprint density at radius 1 is 1.38 bits per heavy atom. The lowest BCUT2D eigenvalue weighted by atomic mass is 9.76. The Hall–Kier alpha value is -0.530. The number of hydrogen-bond donors (Lipinski definition) is 0. The maximum absolute atomic E-state index is 11.5. The number of esters is 1. The quantitative estimate of drug-likeness (QED) is 0.682. The fraction of sp³-hybridized carbons (Fsp3) is 0.929. The van der Waals surface area contributed by atoms with Gasteiger partial charge in [0.15, 0.2) is 0 Å². The van der Waals surface area contributed by atoms with Gasteiger partial charge in [-0.25, -0.2) is 0 Å². The van der Waals surface area contributed by atoms with Crippen molar-refractivity contribution in [2.75, 3.05) is 0 Å². The lowest BCUT2D eigenvalue weighted by Gasteiger charge is -2.35. The van der Waals surface area contributed by atoms with E-state index in [4.69, 9.17) is 4.74 Å². The van der Waals surface area contributed by atoms with Gasteiger partial charge in [-0.05, 0) is 43.4 Å². The molecule has 0 heterocycles. The van der Waals surface area contributed by atoms with Crippen molar-refractivity contribution in [3.63, 3.8) is 0 Å². The van der Waals surface area contributed by atoms with E-state index in [0.717, 1.165) is 18.8 Å². The molecule has 0 saturated heterocycles. The number of ether oxygens (including phenoxy) is 1. The highest BCUT2D eigenvalue weighted by Crippen LogP contribution is 2.35. The summed E-state index contributed by atoms with van der Waals surface area (Å²) in [7, 11) is 0. The number of carbonyl (C=O) groups is 1. The van der Waals surface area contributed by atoms with Crippen molar-refractivity contribution in [3.05, 3.63) is 0 Å². The summed E-state index contributed by atoms with van der Waals surface area (Å²) in [5.74, 6) is 1.97. The van der Waals surface area contributed by atoms with Crippen molar-refractivity contribution >= 4 is 5.97 Å². The molecule has 1 fully saturated rings. The molecular formula is C14H26O2. The Morgan fingerprint density at radius 3 is 2.62 bits per heavy atom. The molecule has 0 spiro atoms. The second kappa shape index (κ2) is 6.27. The van der Waals surface area contributed by atoms with E-state index < -0.39 is 0 Å². The molecule has 94 valence electrons. The standard InChI is InChI=1S/C14H26O2/c1-5-6-14(15)16-13-9-12(10(2)3)8-7-11(13)4/h10-13H,5-9H2,1-4H3. The van der Waals surface area contributed by atoms with E-state index in [1.165, 1.54) is 12.8 Å². The first-order chi connectivity index (χ1) is 7.54. The minimum atomic E-state index is -0.0104. The van der Waals surface area contributed by atoms with E-state index in [-0.39, 0.29) is 12.1 Å². The molecule has 1 saturated carbocycles. The molecule has 0 N–H and O–H groups in total. The molecule has 1 rings (SSSR count). The summed E-state index contributed by atoms with van der Waals surface area (Å²) in [6.07, 6.45) is 5.17. The molecule has 0 aliphatic heterocycles. The molecule has 0 aromatic carbocycles. The third-order valence-corrected chi connectivity index (χ3v) is 3.84. The van der Waals surface area contributed by atoms with E-state index >= 15 is 0 Å². The van der Waals surface area contributed by atoms with E-state index in [0.29, 0.717) is 18.3 Å². The average molecular weight is 226 g/mol. The van der Waals surface area contributed by atoms with E-state index in [2.05, 4.69) is 20.8 Å². The molecule has 2 nitrogen and oxygen atoms in total. The fourth-order valence-corrected chi connectivity index (χ4v) is 2.51. The molecule has 0 aromatic heterocycles. The molecule has 1 aliphatic rings. The Morgan fingerprint density at radius 2 is 2.06 bits per heavy atom. The van der Waals surface area contributed by atoms with Crippen molar-refractivity contribution in [1.29, 1.82) is 0 Å². The van der Waals surface area contributed by atoms with Gasteiger partial charge in [-0.2, -0.15) is 0 Å². The summed E-state index contributed by atoms with van der Waals surface area (Å²) < 4.78 is 5.59. The van der Waals surface area contributed by atoms with Crippen LogP contribution in [0.2, 0.25) is 0 Å². The zero-order valence-corrected chi connectivity index (χ0v) is 11.2. The molecule has 2 heteroatoms. The first kappa shape index (κ1) is 13.5. The maximum atomic E-state index is 11.5. The van der Waals surface area contributed by atoms with E-state index in [9.17, 15) is 4.79 Å². The third kappa shape index (κ3) is 3.80. The van der Waals surface area contributed by atoms with Gasteiger partial charge < -0.3 is 4.74 Å². The minimum Gasteiger partial charge on any atom is -0.462 e. The Balaban J connectivity index is 2.46. The zero-order valence-electron chi connectivity index (χ0n) is 11.2. The molecule has 1 aliphatic carbocycles. The van der Waals surface area contributed by atoms with Crippen LogP contribution in [0.15, 0.2) is 0 Å². The SMILES string of the molecule is CCCC(=O)OC1CC(C(C)C)CCC1C. The second-order valence-corrected chi connectivity index (χ2v) is 5.57. The first-order valence-electron chi connectivity index (χ1n) is 6.74. The van der Waals surface area contributed by atoms with Crippen LogP contribution >= 0.6 is 0 Å². The van der Waals surface area contributed by atoms with Crippen LogP contribution in [-0.4, -0.2) is 12.1 Å².